The second kappa shape index (κ2) is 8.30. The van der Waals surface area contributed by atoms with Crippen molar-refractivity contribution in [1.82, 2.24) is 19.9 Å². The SMILES string of the molecule is Cc1nc(C(=O)N2CCN(c3nc4nc(Cl)ccc4o3)CC2)ccc1OCC1(C(F)(F)F)CC1. The van der Waals surface area contributed by atoms with Gasteiger partial charge in [0.05, 0.1) is 5.69 Å². The van der Waals surface area contributed by atoms with Gasteiger partial charge in [-0.25, -0.2) is 9.97 Å². The predicted octanol–water partition coefficient (Wildman–Crippen LogP) is 4.26. The van der Waals surface area contributed by atoms with E-state index in [1.807, 2.05) is 4.90 Å². The molecule has 0 atom stereocenters. The molecule has 0 N–H and O–H groups in total. The minimum absolute atomic E-state index is 0.0688. The van der Waals surface area contributed by atoms with Crippen molar-refractivity contribution in [3.63, 3.8) is 0 Å². The van der Waals surface area contributed by atoms with E-state index in [4.69, 9.17) is 20.8 Å². The summed E-state index contributed by atoms with van der Waals surface area (Å²) < 4.78 is 50.5. The van der Waals surface area contributed by atoms with Crippen molar-refractivity contribution in [1.29, 1.82) is 0 Å². The van der Waals surface area contributed by atoms with Crippen LogP contribution in [0.3, 0.4) is 0 Å². The van der Waals surface area contributed by atoms with Gasteiger partial charge in [-0.2, -0.15) is 18.2 Å². The molecule has 0 bridgehead atoms. The topological polar surface area (TPSA) is 84.6 Å². The predicted molar refractivity (Wildman–Crippen MR) is 117 cm³/mol. The average Bonchev–Trinajstić information content (AvgIpc) is 3.50. The van der Waals surface area contributed by atoms with Crippen molar-refractivity contribution in [2.75, 3.05) is 37.7 Å². The normalized spacial score (nSPS) is 17.8. The standard InChI is InChI=1S/C22H21ClF3N5O3/c1-13-15(33-12-21(6-7-21)22(24,25)26)3-2-14(27-13)19(32)30-8-10-31(11-9-30)20-29-18-16(34-20)4-5-17(23)28-18/h2-5H,6-12H2,1H3. The molecule has 1 saturated carbocycles. The van der Waals surface area contributed by atoms with Crippen LogP contribution in [0, 0.1) is 12.3 Å². The number of fused-ring (bicyclic) bond motifs is 1. The minimum Gasteiger partial charge on any atom is -0.491 e. The van der Waals surface area contributed by atoms with Crippen LogP contribution in [0.1, 0.15) is 29.0 Å². The van der Waals surface area contributed by atoms with Crippen molar-refractivity contribution >= 4 is 34.8 Å². The lowest BCUT2D eigenvalue weighted by Gasteiger charge is -2.33. The largest absolute Gasteiger partial charge is 0.491 e. The van der Waals surface area contributed by atoms with E-state index in [1.54, 1.807) is 24.0 Å². The van der Waals surface area contributed by atoms with Crippen LogP contribution in [0.4, 0.5) is 19.2 Å². The van der Waals surface area contributed by atoms with Gasteiger partial charge in [-0.15, -0.1) is 0 Å². The summed E-state index contributed by atoms with van der Waals surface area (Å²) in [7, 11) is 0. The van der Waals surface area contributed by atoms with E-state index in [0.717, 1.165) is 0 Å². The number of nitrogens with zero attached hydrogens (tertiary/aromatic N) is 5. The Hall–Kier alpha value is -3.08. The van der Waals surface area contributed by atoms with Gasteiger partial charge in [-0.1, -0.05) is 11.6 Å². The number of aryl methyl sites for hydroxylation is 1. The van der Waals surface area contributed by atoms with Crippen molar-refractivity contribution in [2.45, 2.75) is 25.9 Å². The molecule has 0 radical (unpaired) electrons. The number of ether oxygens (including phenoxy) is 1. The molecular formula is C22H21ClF3N5O3. The molecule has 2 fully saturated rings. The first kappa shape index (κ1) is 22.7. The Kier molecular flexibility index (Phi) is 5.54. The van der Waals surface area contributed by atoms with E-state index in [0.29, 0.717) is 54.3 Å². The van der Waals surface area contributed by atoms with Gasteiger partial charge >= 0.3 is 6.18 Å². The summed E-state index contributed by atoms with van der Waals surface area (Å²) in [5.74, 6) is -0.00386. The maximum atomic E-state index is 13.1. The maximum absolute atomic E-state index is 13.1. The van der Waals surface area contributed by atoms with Crippen LogP contribution in [-0.2, 0) is 0 Å². The molecule has 1 saturated heterocycles. The van der Waals surface area contributed by atoms with E-state index in [-0.39, 0.29) is 30.2 Å². The highest BCUT2D eigenvalue weighted by Crippen LogP contribution is 2.57. The number of amides is 1. The van der Waals surface area contributed by atoms with Gasteiger partial charge in [-0.3, -0.25) is 4.79 Å². The Balaban J connectivity index is 1.20. The van der Waals surface area contributed by atoms with Crippen LogP contribution in [0.2, 0.25) is 5.15 Å². The first-order chi connectivity index (χ1) is 16.1. The Labute approximate surface area is 197 Å². The number of carbonyl (C=O) groups excluding carboxylic acids is 1. The summed E-state index contributed by atoms with van der Waals surface area (Å²) in [5, 5.41) is 0.328. The third-order valence-corrected chi connectivity index (χ3v) is 6.47. The summed E-state index contributed by atoms with van der Waals surface area (Å²) >= 11 is 5.90. The number of carbonyl (C=O) groups is 1. The molecule has 180 valence electrons. The van der Waals surface area contributed by atoms with Gasteiger partial charge in [0.25, 0.3) is 11.9 Å². The second-order valence-electron chi connectivity index (χ2n) is 8.58. The fourth-order valence-electron chi connectivity index (χ4n) is 3.88. The lowest BCUT2D eigenvalue weighted by Crippen LogP contribution is -2.49. The van der Waals surface area contributed by atoms with Gasteiger partial charge < -0.3 is 19.0 Å². The Morgan fingerprint density at radius 3 is 2.50 bits per heavy atom. The Morgan fingerprint density at radius 2 is 1.85 bits per heavy atom. The van der Waals surface area contributed by atoms with Gasteiger partial charge in [0, 0.05) is 26.2 Å². The molecule has 1 aliphatic heterocycles. The van der Waals surface area contributed by atoms with Gasteiger partial charge in [0.1, 0.15) is 28.6 Å². The lowest BCUT2D eigenvalue weighted by atomic mass is 10.1. The Bertz CT molecular complexity index is 1240. The molecule has 8 nitrogen and oxygen atoms in total. The quantitative estimate of drug-likeness (QED) is 0.489. The zero-order valence-electron chi connectivity index (χ0n) is 18.2. The molecule has 4 heterocycles. The first-order valence-electron chi connectivity index (χ1n) is 10.8. The molecule has 34 heavy (non-hydrogen) atoms. The number of halogens is 4. The van der Waals surface area contributed by atoms with Gasteiger partial charge in [-0.05, 0) is 44.0 Å². The van der Waals surface area contributed by atoms with Crippen molar-refractivity contribution < 1.29 is 27.1 Å². The smallest absolute Gasteiger partial charge is 0.397 e. The summed E-state index contributed by atoms with van der Waals surface area (Å²) in [6, 6.07) is 6.74. The monoisotopic (exact) mass is 495 g/mol. The number of aromatic nitrogens is 3. The molecule has 1 amide bonds. The van der Waals surface area contributed by atoms with Crippen molar-refractivity contribution in [2.24, 2.45) is 5.41 Å². The number of oxazole rings is 1. The fraction of sp³-hybridized carbons (Fsp3) is 0.455. The maximum Gasteiger partial charge on any atom is 0.397 e. The first-order valence-corrected chi connectivity index (χ1v) is 11.2. The third kappa shape index (κ3) is 4.24. The summed E-state index contributed by atoms with van der Waals surface area (Å²) in [6.07, 6.45) is -4.15. The lowest BCUT2D eigenvalue weighted by molar-refractivity contribution is -0.194. The molecule has 0 aromatic carbocycles. The summed E-state index contributed by atoms with van der Waals surface area (Å²) in [5.41, 5.74) is -0.213. The average molecular weight is 496 g/mol. The van der Waals surface area contributed by atoms with Crippen LogP contribution >= 0.6 is 11.6 Å². The van der Waals surface area contributed by atoms with Gasteiger partial charge in [0.2, 0.25) is 5.65 Å². The number of hydrogen-bond acceptors (Lipinski definition) is 7. The minimum atomic E-state index is -4.28. The molecule has 1 aliphatic carbocycles. The number of rotatable bonds is 5. The van der Waals surface area contributed by atoms with E-state index in [1.165, 1.54) is 12.1 Å². The highest BCUT2D eigenvalue weighted by molar-refractivity contribution is 6.29. The summed E-state index contributed by atoms with van der Waals surface area (Å²) in [6.45, 7) is 3.05. The molecular weight excluding hydrogens is 475 g/mol. The van der Waals surface area contributed by atoms with Crippen molar-refractivity contribution in [3.8, 4) is 5.75 Å². The van der Waals surface area contributed by atoms with Gasteiger partial charge in [0.15, 0.2) is 5.58 Å². The highest BCUT2D eigenvalue weighted by atomic mass is 35.5. The third-order valence-electron chi connectivity index (χ3n) is 6.26. The molecule has 0 spiro atoms. The van der Waals surface area contributed by atoms with E-state index in [2.05, 4.69) is 15.0 Å². The van der Waals surface area contributed by atoms with Crippen LogP contribution in [-0.4, -0.2) is 64.7 Å². The number of anilines is 1. The number of piperazine rings is 1. The van der Waals surface area contributed by atoms with E-state index in [9.17, 15) is 18.0 Å². The van der Waals surface area contributed by atoms with Crippen LogP contribution < -0.4 is 9.64 Å². The number of hydrogen-bond donors (Lipinski definition) is 0. The zero-order valence-corrected chi connectivity index (χ0v) is 19.0. The second-order valence-corrected chi connectivity index (χ2v) is 8.97. The highest BCUT2D eigenvalue weighted by Gasteiger charge is 2.63. The molecule has 5 rings (SSSR count). The Morgan fingerprint density at radius 1 is 1.12 bits per heavy atom. The van der Waals surface area contributed by atoms with Crippen LogP contribution in [0.5, 0.6) is 5.75 Å². The molecule has 3 aromatic rings. The molecule has 12 heteroatoms. The van der Waals surface area contributed by atoms with Crippen LogP contribution in [0.15, 0.2) is 28.7 Å². The zero-order chi connectivity index (χ0) is 24.1. The van der Waals surface area contributed by atoms with E-state index < -0.39 is 18.2 Å². The molecule has 0 unspecified atom stereocenters. The molecule has 3 aromatic heterocycles. The fourth-order valence-corrected chi connectivity index (χ4v) is 4.02. The van der Waals surface area contributed by atoms with Crippen LogP contribution in [0.25, 0.3) is 11.2 Å². The number of pyridine rings is 2. The number of alkyl halides is 3. The summed E-state index contributed by atoms with van der Waals surface area (Å²) in [4.78, 5) is 29.3. The van der Waals surface area contributed by atoms with E-state index >= 15 is 0 Å². The molecule has 2 aliphatic rings. The van der Waals surface area contributed by atoms with Crippen molar-refractivity contribution in [3.05, 3.63) is 40.8 Å².